The molecule has 0 saturated heterocycles. The lowest BCUT2D eigenvalue weighted by molar-refractivity contribution is -0.116. The molecule has 0 heterocycles. The first kappa shape index (κ1) is 19.9. The third-order valence-electron chi connectivity index (χ3n) is 4.37. The zero-order valence-corrected chi connectivity index (χ0v) is 16.3. The van der Waals surface area contributed by atoms with Crippen molar-refractivity contribution in [2.45, 2.75) is 76.2 Å². The standard InChI is InChI=1S/C19H30N2O3S/c1-19(2,3)21-25(23,24)17-11-7-10-16(14-17)20-18(22)13-12-15-8-5-4-6-9-15/h7,10-11,14-15,21H,4-6,8-9,12-13H2,1-3H3,(H,20,22). The molecule has 0 aliphatic heterocycles. The van der Waals surface area contributed by atoms with Gasteiger partial charge >= 0.3 is 0 Å². The van der Waals surface area contributed by atoms with Gasteiger partial charge in [0.2, 0.25) is 15.9 Å². The number of carbonyl (C=O) groups excluding carboxylic acids is 1. The maximum Gasteiger partial charge on any atom is 0.241 e. The van der Waals surface area contributed by atoms with Crippen molar-refractivity contribution in [3.63, 3.8) is 0 Å². The normalized spacial score (nSPS) is 16.6. The topological polar surface area (TPSA) is 75.3 Å². The van der Waals surface area contributed by atoms with Crippen molar-refractivity contribution in [2.75, 3.05) is 5.32 Å². The molecular formula is C19H30N2O3S. The van der Waals surface area contributed by atoms with Gasteiger partial charge in [-0.1, -0.05) is 38.2 Å². The van der Waals surface area contributed by atoms with Gasteiger partial charge < -0.3 is 5.32 Å². The minimum absolute atomic E-state index is 0.0519. The van der Waals surface area contributed by atoms with Crippen molar-refractivity contribution in [1.29, 1.82) is 0 Å². The summed E-state index contributed by atoms with van der Waals surface area (Å²) in [4.78, 5) is 12.3. The van der Waals surface area contributed by atoms with Gasteiger partial charge in [0.15, 0.2) is 0 Å². The summed E-state index contributed by atoms with van der Waals surface area (Å²) in [5.74, 6) is 0.603. The van der Waals surface area contributed by atoms with Crippen LogP contribution in [-0.2, 0) is 14.8 Å². The predicted molar refractivity (Wildman–Crippen MR) is 101 cm³/mol. The van der Waals surface area contributed by atoms with E-state index in [2.05, 4.69) is 10.0 Å². The van der Waals surface area contributed by atoms with Crippen LogP contribution in [0.25, 0.3) is 0 Å². The fraction of sp³-hybridized carbons (Fsp3) is 0.632. The van der Waals surface area contributed by atoms with Crippen molar-refractivity contribution in [2.24, 2.45) is 5.92 Å². The van der Waals surface area contributed by atoms with Crippen molar-refractivity contribution in [3.8, 4) is 0 Å². The maximum absolute atomic E-state index is 12.4. The zero-order chi connectivity index (χ0) is 18.5. The number of hydrogen-bond donors (Lipinski definition) is 2. The highest BCUT2D eigenvalue weighted by atomic mass is 32.2. The van der Waals surface area contributed by atoms with Crippen molar-refractivity contribution in [3.05, 3.63) is 24.3 Å². The summed E-state index contributed by atoms with van der Waals surface area (Å²) in [5, 5.41) is 2.83. The summed E-state index contributed by atoms with van der Waals surface area (Å²) in [6.07, 6.45) is 7.70. The van der Waals surface area contributed by atoms with Crippen LogP contribution in [-0.4, -0.2) is 19.9 Å². The van der Waals surface area contributed by atoms with E-state index in [-0.39, 0.29) is 10.8 Å². The lowest BCUT2D eigenvalue weighted by Crippen LogP contribution is -2.40. The van der Waals surface area contributed by atoms with Crippen LogP contribution in [0.15, 0.2) is 29.2 Å². The third kappa shape index (κ3) is 6.78. The van der Waals surface area contributed by atoms with Gasteiger partial charge in [0, 0.05) is 17.6 Å². The zero-order valence-electron chi connectivity index (χ0n) is 15.5. The maximum atomic E-state index is 12.4. The molecule has 1 aliphatic carbocycles. The SMILES string of the molecule is CC(C)(C)NS(=O)(=O)c1cccc(NC(=O)CCC2CCCCC2)c1. The van der Waals surface area contributed by atoms with Crippen LogP contribution in [0.2, 0.25) is 0 Å². The molecule has 1 saturated carbocycles. The van der Waals surface area contributed by atoms with Crippen LogP contribution in [0.1, 0.15) is 65.7 Å². The highest BCUT2D eigenvalue weighted by Crippen LogP contribution is 2.27. The lowest BCUT2D eigenvalue weighted by atomic mass is 9.86. The van der Waals surface area contributed by atoms with E-state index >= 15 is 0 Å². The van der Waals surface area contributed by atoms with E-state index in [1.54, 1.807) is 32.9 Å². The third-order valence-corrected chi connectivity index (χ3v) is 6.13. The fourth-order valence-electron chi connectivity index (χ4n) is 3.24. The molecule has 0 aromatic heterocycles. The molecule has 6 heteroatoms. The van der Waals surface area contributed by atoms with Gasteiger partial charge in [0.05, 0.1) is 4.90 Å². The van der Waals surface area contributed by atoms with Gasteiger partial charge in [0.1, 0.15) is 0 Å². The molecule has 0 atom stereocenters. The van der Waals surface area contributed by atoms with Crippen LogP contribution < -0.4 is 10.0 Å². The average molecular weight is 367 g/mol. The number of anilines is 1. The van der Waals surface area contributed by atoms with E-state index < -0.39 is 15.6 Å². The molecule has 2 N–H and O–H groups in total. The Hall–Kier alpha value is -1.40. The minimum Gasteiger partial charge on any atom is -0.326 e. The van der Waals surface area contributed by atoms with Crippen LogP contribution >= 0.6 is 0 Å². The van der Waals surface area contributed by atoms with Crippen LogP contribution in [0.3, 0.4) is 0 Å². The molecule has 2 rings (SSSR count). The van der Waals surface area contributed by atoms with Crippen molar-refractivity contribution in [1.82, 2.24) is 4.72 Å². The van der Waals surface area contributed by atoms with Gasteiger partial charge in [-0.25, -0.2) is 13.1 Å². The molecule has 0 radical (unpaired) electrons. The minimum atomic E-state index is -3.61. The fourth-order valence-corrected chi connectivity index (χ4v) is 4.70. The summed E-state index contributed by atoms with van der Waals surface area (Å²) in [5.41, 5.74) is -0.0385. The van der Waals surface area contributed by atoms with E-state index in [1.807, 2.05) is 0 Å². The Balaban J connectivity index is 1.95. The molecule has 0 unspecified atom stereocenters. The van der Waals surface area contributed by atoms with Crippen LogP contribution in [0.5, 0.6) is 0 Å². The van der Waals surface area contributed by atoms with Gasteiger partial charge in [-0.3, -0.25) is 4.79 Å². The monoisotopic (exact) mass is 366 g/mol. The molecule has 0 spiro atoms. The highest BCUT2D eigenvalue weighted by molar-refractivity contribution is 7.89. The van der Waals surface area contributed by atoms with E-state index in [0.29, 0.717) is 18.0 Å². The summed E-state index contributed by atoms with van der Waals surface area (Å²) in [7, 11) is -3.61. The number of amides is 1. The Morgan fingerprint density at radius 2 is 1.84 bits per heavy atom. The first-order valence-electron chi connectivity index (χ1n) is 9.10. The number of sulfonamides is 1. The Morgan fingerprint density at radius 3 is 2.48 bits per heavy atom. The van der Waals surface area contributed by atoms with Gasteiger partial charge in [0.25, 0.3) is 0 Å². The number of rotatable bonds is 6. The summed E-state index contributed by atoms with van der Waals surface area (Å²) >= 11 is 0. The summed E-state index contributed by atoms with van der Waals surface area (Å²) in [6, 6.07) is 6.40. The lowest BCUT2D eigenvalue weighted by Gasteiger charge is -2.21. The van der Waals surface area contributed by atoms with Gasteiger partial charge in [-0.15, -0.1) is 0 Å². The second kappa shape index (κ2) is 8.32. The smallest absolute Gasteiger partial charge is 0.241 e. The summed E-state index contributed by atoms with van der Waals surface area (Å²) in [6.45, 7) is 5.38. The van der Waals surface area contributed by atoms with Crippen molar-refractivity contribution >= 4 is 21.6 Å². The van der Waals surface area contributed by atoms with Gasteiger partial charge in [-0.2, -0.15) is 0 Å². The van der Waals surface area contributed by atoms with Crippen LogP contribution in [0.4, 0.5) is 5.69 Å². The number of benzene rings is 1. The average Bonchev–Trinajstić information content (AvgIpc) is 2.52. The largest absolute Gasteiger partial charge is 0.326 e. The van der Waals surface area contributed by atoms with E-state index in [1.165, 1.54) is 44.2 Å². The van der Waals surface area contributed by atoms with Gasteiger partial charge in [-0.05, 0) is 51.3 Å². The second-order valence-electron chi connectivity index (χ2n) is 7.97. The molecule has 140 valence electrons. The molecule has 0 bridgehead atoms. The first-order chi connectivity index (χ1) is 11.7. The predicted octanol–water partition coefficient (Wildman–Crippen LogP) is 4.06. The molecule has 25 heavy (non-hydrogen) atoms. The second-order valence-corrected chi connectivity index (χ2v) is 9.66. The molecular weight excluding hydrogens is 336 g/mol. The molecule has 5 nitrogen and oxygen atoms in total. The number of carbonyl (C=O) groups is 1. The first-order valence-corrected chi connectivity index (χ1v) is 10.6. The Kier molecular flexibility index (Phi) is 6.63. The van der Waals surface area contributed by atoms with E-state index in [0.717, 1.165) is 6.42 Å². The molecule has 1 aromatic carbocycles. The summed E-state index contributed by atoms with van der Waals surface area (Å²) < 4.78 is 27.4. The Bertz CT molecular complexity index is 687. The van der Waals surface area contributed by atoms with Crippen molar-refractivity contribution < 1.29 is 13.2 Å². The Morgan fingerprint density at radius 1 is 1.16 bits per heavy atom. The molecule has 1 aliphatic rings. The number of hydrogen-bond acceptors (Lipinski definition) is 3. The number of nitrogens with one attached hydrogen (secondary N) is 2. The molecule has 1 amide bonds. The molecule has 1 aromatic rings. The quantitative estimate of drug-likeness (QED) is 0.797. The van der Waals surface area contributed by atoms with E-state index in [4.69, 9.17) is 0 Å². The molecule has 1 fully saturated rings. The highest BCUT2D eigenvalue weighted by Gasteiger charge is 2.22. The Labute approximate surface area is 151 Å². The van der Waals surface area contributed by atoms with Crippen LogP contribution in [0, 0.1) is 5.92 Å². The van der Waals surface area contributed by atoms with E-state index in [9.17, 15) is 13.2 Å².